The van der Waals surface area contributed by atoms with Gasteiger partial charge >= 0.3 is 0 Å². The molecule has 116 valence electrons. The summed E-state index contributed by atoms with van der Waals surface area (Å²) in [5.41, 5.74) is 0. The van der Waals surface area contributed by atoms with E-state index in [2.05, 4.69) is 44.8 Å². The summed E-state index contributed by atoms with van der Waals surface area (Å²) in [5, 5.41) is 3.57. The first-order valence-electron chi connectivity index (χ1n) is 8.10. The van der Waals surface area contributed by atoms with Crippen LogP contribution in [0.3, 0.4) is 0 Å². The molecule has 2 fully saturated rings. The summed E-state index contributed by atoms with van der Waals surface area (Å²) in [5.74, 6) is 1.23. The number of hydrogen-bond donors (Lipinski definition) is 1. The van der Waals surface area contributed by atoms with Crippen LogP contribution < -0.4 is 5.32 Å². The maximum Gasteiger partial charge on any atom is 0.241 e. The summed E-state index contributed by atoms with van der Waals surface area (Å²) in [6.07, 6.45) is 3.43. The Hall–Kier alpha value is -0.610. The van der Waals surface area contributed by atoms with Gasteiger partial charge in [-0.25, -0.2) is 0 Å². The molecule has 2 aliphatic heterocycles. The number of nitrogens with zero attached hydrogens (tertiary/aromatic N) is 1. The van der Waals surface area contributed by atoms with Crippen molar-refractivity contribution in [1.29, 1.82) is 0 Å². The van der Waals surface area contributed by atoms with E-state index < -0.39 is 0 Å². The minimum atomic E-state index is -0.0168. The molecule has 1 amide bonds. The van der Waals surface area contributed by atoms with Crippen molar-refractivity contribution in [2.45, 2.75) is 78.2 Å². The number of rotatable bonds is 4. The Morgan fingerprint density at radius 3 is 2.60 bits per heavy atom. The Labute approximate surface area is 123 Å². The lowest BCUT2D eigenvalue weighted by atomic mass is 9.99. The summed E-state index contributed by atoms with van der Waals surface area (Å²) in [7, 11) is 0. The summed E-state index contributed by atoms with van der Waals surface area (Å²) in [6, 6.07) is 0.322. The summed E-state index contributed by atoms with van der Waals surface area (Å²) in [4.78, 5) is 14.9. The van der Waals surface area contributed by atoms with E-state index in [0.29, 0.717) is 23.8 Å². The molecule has 2 aliphatic rings. The van der Waals surface area contributed by atoms with E-state index in [1.807, 2.05) is 0 Å². The van der Waals surface area contributed by atoms with E-state index in [1.54, 1.807) is 0 Å². The van der Waals surface area contributed by atoms with Crippen LogP contribution in [0.25, 0.3) is 0 Å². The van der Waals surface area contributed by atoms with Gasteiger partial charge in [-0.1, -0.05) is 27.7 Å². The van der Waals surface area contributed by atoms with Crippen LogP contribution in [0.15, 0.2) is 0 Å². The predicted octanol–water partition coefficient (Wildman–Crippen LogP) is 2.38. The van der Waals surface area contributed by atoms with Crippen LogP contribution in [-0.2, 0) is 9.53 Å². The van der Waals surface area contributed by atoms with Crippen LogP contribution >= 0.6 is 0 Å². The van der Waals surface area contributed by atoms with E-state index in [1.165, 1.54) is 0 Å². The van der Waals surface area contributed by atoms with Gasteiger partial charge in [-0.3, -0.25) is 10.1 Å². The van der Waals surface area contributed by atoms with Crippen LogP contribution in [0, 0.1) is 11.8 Å². The van der Waals surface area contributed by atoms with Crippen molar-refractivity contribution in [2.75, 3.05) is 6.61 Å². The fraction of sp³-hybridized carbons (Fsp3) is 0.938. The largest absolute Gasteiger partial charge is 0.378 e. The van der Waals surface area contributed by atoms with Crippen LogP contribution in [0.5, 0.6) is 0 Å². The Kier molecular flexibility index (Phi) is 5.08. The normalized spacial score (nSPS) is 35.4. The summed E-state index contributed by atoms with van der Waals surface area (Å²) >= 11 is 0. The molecular weight excluding hydrogens is 252 g/mol. The van der Waals surface area contributed by atoms with Crippen LogP contribution in [-0.4, -0.2) is 41.8 Å². The van der Waals surface area contributed by atoms with Gasteiger partial charge in [0, 0.05) is 12.6 Å². The van der Waals surface area contributed by atoms with Crippen molar-refractivity contribution in [3.05, 3.63) is 0 Å². The molecule has 0 bridgehead atoms. The smallest absolute Gasteiger partial charge is 0.241 e. The van der Waals surface area contributed by atoms with Crippen molar-refractivity contribution in [3.8, 4) is 0 Å². The lowest BCUT2D eigenvalue weighted by Crippen LogP contribution is -2.48. The Morgan fingerprint density at radius 1 is 1.35 bits per heavy atom. The number of carbonyl (C=O) groups is 1. The first kappa shape index (κ1) is 15.8. The lowest BCUT2D eigenvalue weighted by Gasteiger charge is -2.37. The molecule has 2 rings (SSSR count). The fourth-order valence-electron chi connectivity index (χ4n) is 3.44. The van der Waals surface area contributed by atoms with Crippen LogP contribution in [0.4, 0.5) is 0 Å². The minimum absolute atomic E-state index is 0.0168. The summed E-state index contributed by atoms with van der Waals surface area (Å²) in [6.45, 7) is 11.6. The third-order valence-electron chi connectivity index (χ3n) is 4.44. The zero-order chi connectivity index (χ0) is 14.9. The monoisotopic (exact) mass is 282 g/mol. The zero-order valence-corrected chi connectivity index (χ0v) is 13.6. The predicted molar refractivity (Wildman–Crippen MR) is 80.3 cm³/mol. The Balaban J connectivity index is 2.14. The quantitative estimate of drug-likeness (QED) is 0.861. The molecule has 2 saturated heterocycles. The average Bonchev–Trinajstić information content (AvgIpc) is 2.65. The second kappa shape index (κ2) is 6.44. The zero-order valence-electron chi connectivity index (χ0n) is 13.6. The number of ether oxygens (including phenoxy) is 1. The third kappa shape index (κ3) is 3.34. The molecule has 20 heavy (non-hydrogen) atoms. The van der Waals surface area contributed by atoms with Crippen LogP contribution in [0.2, 0.25) is 0 Å². The van der Waals surface area contributed by atoms with Crippen molar-refractivity contribution in [1.82, 2.24) is 10.2 Å². The van der Waals surface area contributed by atoms with E-state index >= 15 is 0 Å². The van der Waals surface area contributed by atoms with E-state index in [4.69, 9.17) is 4.74 Å². The van der Waals surface area contributed by atoms with Crippen molar-refractivity contribution in [2.24, 2.45) is 11.8 Å². The highest BCUT2D eigenvalue weighted by molar-refractivity contribution is 5.85. The first-order valence-corrected chi connectivity index (χ1v) is 8.10. The van der Waals surface area contributed by atoms with Crippen LogP contribution in [0.1, 0.15) is 53.9 Å². The molecule has 0 aromatic heterocycles. The molecule has 2 heterocycles. The number of hydrogen-bond acceptors (Lipinski definition) is 3. The van der Waals surface area contributed by atoms with Gasteiger partial charge in [-0.15, -0.1) is 0 Å². The van der Waals surface area contributed by atoms with Gasteiger partial charge in [0.05, 0.1) is 18.3 Å². The molecule has 1 N–H and O–H groups in total. The van der Waals surface area contributed by atoms with E-state index in [9.17, 15) is 4.79 Å². The number of nitrogens with one attached hydrogen (secondary N) is 1. The molecule has 4 nitrogen and oxygen atoms in total. The van der Waals surface area contributed by atoms with E-state index in [-0.39, 0.29) is 18.3 Å². The first-order chi connectivity index (χ1) is 9.40. The molecule has 0 saturated carbocycles. The van der Waals surface area contributed by atoms with Gasteiger partial charge < -0.3 is 9.64 Å². The topological polar surface area (TPSA) is 41.6 Å². The van der Waals surface area contributed by atoms with Gasteiger partial charge in [-0.05, 0) is 38.0 Å². The molecule has 4 atom stereocenters. The molecule has 0 aromatic carbocycles. The Bertz CT molecular complexity index is 343. The number of amides is 1. The number of carbonyl (C=O) groups excluding carboxylic acids is 1. The van der Waals surface area contributed by atoms with Gasteiger partial charge in [0.25, 0.3) is 0 Å². The Morgan fingerprint density at radius 2 is 2.05 bits per heavy atom. The lowest BCUT2D eigenvalue weighted by molar-refractivity contribution is -0.136. The van der Waals surface area contributed by atoms with Gasteiger partial charge in [0.2, 0.25) is 5.91 Å². The third-order valence-corrected chi connectivity index (χ3v) is 4.44. The van der Waals surface area contributed by atoms with E-state index in [0.717, 1.165) is 25.9 Å². The second-order valence-corrected chi connectivity index (χ2v) is 7.14. The minimum Gasteiger partial charge on any atom is -0.378 e. The molecular formula is C16H30N2O2. The fourth-order valence-corrected chi connectivity index (χ4v) is 3.44. The molecule has 4 heteroatoms. The van der Waals surface area contributed by atoms with Crippen molar-refractivity contribution in [3.63, 3.8) is 0 Å². The average molecular weight is 282 g/mol. The maximum atomic E-state index is 12.8. The van der Waals surface area contributed by atoms with Crippen molar-refractivity contribution < 1.29 is 9.53 Å². The highest BCUT2D eigenvalue weighted by Crippen LogP contribution is 2.29. The summed E-state index contributed by atoms with van der Waals surface area (Å²) < 4.78 is 5.64. The molecule has 0 radical (unpaired) electrons. The SMILES string of the molecule is CC(C)CC1NC(C(C)C)C(=O)N1C1CCOC(C)C1. The highest BCUT2D eigenvalue weighted by Gasteiger charge is 2.44. The molecule has 4 unspecified atom stereocenters. The molecule has 0 aliphatic carbocycles. The van der Waals surface area contributed by atoms with Gasteiger partial charge in [-0.2, -0.15) is 0 Å². The maximum absolute atomic E-state index is 12.8. The second-order valence-electron chi connectivity index (χ2n) is 7.14. The molecule has 0 aromatic rings. The van der Waals surface area contributed by atoms with Gasteiger partial charge in [0.15, 0.2) is 0 Å². The van der Waals surface area contributed by atoms with Crippen molar-refractivity contribution >= 4 is 5.91 Å². The highest BCUT2D eigenvalue weighted by atomic mass is 16.5. The van der Waals surface area contributed by atoms with Gasteiger partial charge in [0.1, 0.15) is 0 Å². The molecule has 0 spiro atoms. The standard InChI is InChI=1S/C16H30N2O2/c1-10(2)8-14-17-15(11(3)4)16(19)18(14)13-6-7-20-12(5)9-13/h10-15,17H,6-9H2,1-5H3.